The van der Waals surface area contributed by atoms with E-state index in [1.165, 1.54) is 0 Å². The summed E-state index contributed by atoms with van der Waals surface area (Å²) >= 11 is 0. The van der Waals surface area contributed by atoms with E-state index >= 15 is 0 Å². The molecule has 2 atom stereocenters. The van der Waals surface area contributed by atoms with E-state index in [0.717, 1.165) is 0 Å². The van der Waals surface area contributed by atoms with Gasteiger partial charge in [-0.25, -0.2) is 4.39 Å². The lowest BCUT2D eigenvalue weighted by molar-refractivity contribution is -0.123. The summed E-state index contributed by atoms with van der Waals surface area (Å²) in [6, 6.07) is -0.325. The molecule has 0 aromatic heterocycles. The van der Waals surface area contributed by atoms with Gasteiger partial charge in [-0.2, -0.15) is 0 Å². The second-order valence-electron chi connectivity index (χ2n) is 3.93. The van der Waals surface area contributed by atoms with Gasteiger partial charge in [0, 0.05) is 19.5 Å². The first kappa shape index (κ1) is 10.4. The van der Waals surface area contributed by atoms with Gasteiger partial charge in [0.2, 0.25) is 5.91 Å². The number of nitrogens with one attached hydrogen (secondary N) is 2. The molecule has 1 aliphatic rings. The van der Waals surface area contributed by atoms with Crippen molar-refractivity contribution in [3.63, 3.8) is 0 Å². The van der Waals surface area contributed by atoms with Crippen molar-refractivity contribution < 1.29 is 9.18 Å². The number of halogens is 1. The van der Waals surface area contributed by atoms with Gasteiger partial charge in [-0.15, -0.1) is 0 Å². The molecule has 0 bridgehead atoms. The number of hydrogen-bond donors (Lipinski definition) is 2. The van der Waals surface area contributed by atoms with Crippen LogP contribution in [0.2, 0.25) is 0 Å². The molecule has 0 aromatic carbocycles. The second-order valence-corrected chi connectivity index (χ2v) is 3.93. The van der Waals surface area contributed by atoms with E-state index in [2.05, 4.69) is 10.6 Å². The Labute approximate surface area is 78.1 Å². The van der Waals surface area contributed by atoms with Crippen LogP contribution < -0.4 is 10.6 Å². The van der Waals surface area contributed by atoms with Crippen LogP contribution in [-0.2, 0) is 4.79 Å². The van der Waals surface area contributed by atoms with Crippen molar-refractivity contribution in [2.24, 2.45) is 5.92 Å². The number of carbonyl (C=O) groups excluding carboxylic acids is 1. The molecule has 1 saturated heterocycles. The molecule has 1 aliphatic heterocycles. The normalized spacial score (nSPS) is 28.0. The maximum absolute atomic E-state index is 12.7. The zero-order chi connectivity index (χ0) is 9.84. The topological polar surface area (TPSA) is 41.1 Å². The van der Waals surface area contributed by atoms with E-state index in [9.17, 15) is 9.18 Å². The predicted octanol–water partition coefficient (Wildman–Crippen LogP) is 0.459. The molecule has 2 N–H and O–H groups in total. The van der Waals surface area contributed by atoms with Gasteiger partial charge in [-0.05, 0) is 5.92 Å². The van der Waals surface area contributed by atoms with E-state index in [1.807, 2.05) is 13.8 Å². The number of rotatable bonds is 3. The van der Waals surface area contributed by atoms with Crippen LogP contribution in [0.15, 0.2) is 0 Å². The number of alkyl halides is 1. The molecule has 13 heavy (non-hydrogen) atoms. The van der Waals surface area contributed by atoms with E-state index in [0.29, 0.717) is 25.4 Å². The highest BCUT2D eigenvalue weighted by atomic mass is 19.1. The van der Waals surface area contributed by atoms with Crippen LogP contribution in [0, 0.1) is 5.92 Å². The Morgan fingerprint density at radius 3 is 2.85 bits per heavy atom. The quantitative estimate of drug-likeness (QED) is 0.675. The Hall–Kier alpha value is -0.640. The van der Waals surface area contributed by atoms with Gasteiger partial charge < -0.3 is 10.6 Å². The number of carbonyl (C=O) groups is 1. The summed E-state index contributed by atoms with van der Waals surface area (Å²) in [4.78, 5) is 11.4. The van der Waals surface area contributed by atoms with Crippen LogP contribution in [0.1, 0.15) is 20.3 Å². The van der Waals surface area contributed by atoms with Crippen molar-refractivity contribution in [3.8, 4) is 0 Å². The predicted molar refractivity (Wildman–Crippen MR) is 49.2 cm³/mol. The molecule has 1 heterocycles. The monoisotopic (exact) mass is 188 g/mol. The number of amides is 1. The Bertz CT molecular complexity index is 184. The maximum atomic E-state index is 12.7. The largest absolute Gasteiger partial charge is 0.354 e. The fraction of sp³-hybridized carbons (Fsp3) is 0.889. The lowest BCUT2D eigenvalue weighted by atomic mass is 10.2. The van der Waals surface area contributed by atoms with E-state index in [1.54, 1.807) is 0 Å². The van der Waals surface area contributed by atoms with Gasteiger partial charge in [0.15, 0.2) is 0 Å². The van der Waals surface area contributed by atoms with Crippen LogP contribution in [-0.4, -0.2) is 31.2 Å². The molecule has 1 rings (SSSR count). The van der Waals surface area contributed by atoms with Crippen LogP contribution >= 0.6 is 0 Å². The van der Waals surface area contributed by atoms with E-state index in [4.69, 9.17) is 0 Å². The molecule has 0 saturated carbocycles. The van der Waals surface area contributed by atoms with Gasteiger partial charge in [-0.3, -0.25) is 4.79 Å². The van der Waals surface area contributed by atoms with Gasteiger partial charge in [-0.1, -0.05) is 13.8 Å². The molecular weight excluding hydrogens is 171 g/mol. The molecular formula is C9H17FN2O. The fourth-order valence-corrected chi connectivity index (χ4v) is 1.32. The molecule has 0 aliphatic carbocycles. The molecule has 1 amide bonds. The molecule has 1 fully saturated rings. The summed E-state index contributed by atoms with van der Waals surface area (Å²) in [5, 5.41) is 5.62. The molecule has 4 heteroatoms. The van der Waals surface area contributed by atoms with Crippen molar-refractivity contribution in [2.45, 2.75) is 32.5 Å². The van der Waals surface area contributed by atoms with Crippen molar-refractivity contribution >= 4 is 5.91 Å². The van der Waals surface area contributed by atoms with Gasteiger partial charge in [0.25, 0.3) is 0 Å². The summed E-state index contributed by atoms with van der Waals surface area (Å²) < 4.78 is 12.7. The van der Waals surface area contributed by atoms with Crippen molar-refractivity contribution in [2.75, 3.05) is 13.1 Å². The highest BCUT2D eigenvalue weighted by Crippen LogP contribution is 2.09. The third-order valence-corrected chi connectivity index (χ3v) is 2.08. The smallest absolute Gasteiger partial charge is 0.237 e. The third-order valence-electron chi connectivity index (χ3n) is 2.08. The molecule has 0 spiro atoms. The minimum Gasteiger partial charge on any atom is -0.354 e. The van der Waals surface area contributed by atoms with Crippen LogP contribution in [0.3, 0.4) is 0 Å². The van der Waals surface area contributed by atoms with Crippen molar-refractivity contribution in [1.82, 2.24) is 10.6 Å². The van der Waals surface area contributed by atoms with Crippen molar-refractivity contribution in [3.05, 3.63) is 0 Å². The highest BCUT2D eigenvalue weighted by Gasteiger charge is 2.28. The summed E-state index contributed by atoms with van der Waals surface area (Å²) in [6.07, 6.45) is -0.556. The standard InChI is InChI=1S/C9H17FN2O/c1-6(2)4-12-9(13)8-3-7(10)5-11-8/h6-8,11H,3-5H2,1-2H3,(H,12,13)/t7-,8+/m1/s1. The Morgan fingerprint density at radius 1 is 1.69 bits per heavy atom. The first-order valence-electron chi connectivity index (χ1n) is 4.74. The Morgan fingerprint density at radius 2 is 2.38 bits per heavy atom. The molecule has 0 aromatic rings. The average Bonchev–Trinajstić information content (AvgIpc) is 2.47. The summed E-state index contributed by atoms with van der Waals surface area (Å²) in [6.45, 7) is 5.02. The molecule has 0 radical (unpaired) electrons. The lowest BCUT2D eigenvalue weighted by Crippen LogP contribution is -2.41. The second kappa shape index (κ2) is 4.56. The number of hydrogen-bond acceptors (Lipinski definition) is 2. The zero-order valence-electron chi connectivity index (χ0n) is 8.14. The fourth-order valence-electron chi connectivity index (χ4n) is 1.32. The van der Waals surface area contributed by atoms with Crippen LogP contribution in [0.4, 0.5) is 4.39 Å². The van der Waals surface area contributed by atoms with Crippen molar-refractivity contribution in [1.29, 1.82) is 0 Å². The average molecular weight is 188 g/mol. The third kappa shape index (κ3) is 3.30. The van der Waals surface area contributed by atoms with E-state index in [-0.39, 0.29) is 11.9 Å². The first-order valence-corrected chi connectivity index (χ1v) is 4.74. The first-order chi connectivity index (χ1) is 6.09. The Kier molecular flexibility index (Phi) is 3.66. The summed E-state index contributed by atoms with van der Waals surface area (Å²) in [7, 11) is 0. The molecule has 76 valence electrons. The maximum Gasteiger partial charge on any atom is 0.237 e. The zero-order valence-corrected chi connectivity index (χ0v) is 8.14. The van der Waals surface area contributed by atoms with Gasteiger partial charge >= 0.3 is 0 Å². The lowest BCUT2D eigenvalue weighted by Gasteiger charge is -2.12. The summed E-state index contributed by atoms with van der Waals surface area (Å²) in [5.41, 5.74) is 0. The minimum absolute atomic E-state index is 0.0751. The van der Waals surface area contributed by atoms with E-state index < -0.39 is 6.17 Å². The van der Waals surface area contributed by atoms with Crippen LogP contribution in [0.5, 0.6) is 0 Å². The summed E-state index contributed by atoms with van der Waals surface area (Å²) in [5.74, 6) is 0.361. The Balaban J connectivity index is 2.24. The van der Waals surface area contributed by atoms with Crippen LogP contribution in [0.25, 0.3) is 0 Å². The molecule has 0 unspecified atom stereocenters. The minimum atomic E-state index is -0.866. The molecule has 3 nitrogen and oxygen atoms in total. The SMILES string of the molecule is CC(C)CNC(=O)[C@@H]1C[C@@H](F)CN1. The van der Waals surface area contributed by atoms with Gasteiger partial charge in [0.05, 0.1) is 6.04 Å². The highest BCUT2D eigenvalue weighted by molar-refractivity contribution is 5.82. The van der Waals surface area contributed by atoms with Gasteiger partial charge in [0.1, 0.15) is 6.17 Å².